The van der Waals surface area contributed by atoms with Gasteiger partial charge in [-0.05, 0) is 46.0 Å². The van der Waals surface area contributed by atoms with Gasteiger partial charge in [0.05, 0.1) is 22.4 Å². The molecule has 0 atom stereocenters. The summed E-state index contributed by atoms with van der Waals surface area (Å²) >= 11 is 0. The fourth-order valence-corrected chi connectivity index (χ4v) is 6.54. The van der Waals surface area contributed by atoms with Gasteiger partial charge >= 0.3 is 5.69 Å². The molecular formula is C43H32N4O. The molecule has 0 bridgehead atoms. The molecule has 0 fully saturated rings. The van der Waals surface area contributed by atoms with Crippen molar-refractivity contribution in [3.63, 3.8) is 0 Å². The highest BCUT2D eigenvalue weighted by molar-refractivity contribution is 5.93. The van der Waals surface area contributed by atoms with Gasteiger partial charge in [-0.1, -0.05) is 140 Å². The molecular weight excluding hydrogens is 589 g/mol. The maximum Gasteiger partial charge on any atom is 0.328 e. The Balaban J connectivity index is 1.30. The average Bonchev–Trinajstić information content (AvgIpc) is 3.39. The molecule has 8 aromatic rings. The van der Waals surface area contributed by atoms with Gasteiger partial charge in [0.15, 0.2) is 5.82 Å². The zero-order chi connectivity index (χ0) is 32.6. The van der Waals surface area contributed by atoms with Gasteiger partial charge in [-0.15, -0.1) is 0 Å². The molecule has 2 heterocycles. The molecule has 5 nitrogen and oxygen atoms in total. The van der Waals surface area contributed by atoms with Crippen LogP contribution in [-0.2, 0) is 14.1 Å². The molecule has 0 aliphatic heterocycles. The number of hydrogen-bond acceptors (Lipinski definition) is 3. The Morgan fingerprint density at radius 2 is 0.958 bits per heavy atom. The number of para-hydroxylation sites is 1. The highest BCUT2D eigenvalue weighted by Crippen LogP contribution is 2.36. The van der Waals surface area contributed by atoms with Gasteiger partial charge < -0.3 is 0 Å². The van der Waals surface area contributed by atoms with E-state index in [0.717, 1.165) is 66.9 Å². The predicted octanol–water partition coefficient (Wildman–Crippen LogP) is 9.67. The van der Waals surface area contributed by atoms with Crippen molar-refractivity contribution in [3.8, 4) is 67.3 Å². The number of benzene rings is 6. The first-order valence-corrected chi connectivity index (χ1v) is 16.0. The molecule has 5 heteroatoms. The van der Waals surface area contributed by atoms with Gasteiger partial charge in [-0.25, -0.2) is 14.8 Å². The van der Waals surface area contributed by atoms with Crippen LogP contribution in [-0.4, -0.2) is 19.1 Å². The van der Waals surface area contributed by atoms with E-state index in [4.69, 9.17) is 9.97 Å². The van der Waals surface area contributed by atoms with Crippen molar-refractivity contribution in [2.75, 3.05) is 0 Å². The topological polar surface area (TPSA) is 52.7 Å². The van der Waals surface area contributed by atoms with Crippen LogP contribution in [0.25, 0.3) is 78.3 Å². The van der Waals surface area contributed by atoms with Crippen molar-refractivity contribution in [1.29, 1.82) is 0 Å². The zero-order valence-electron chi connectivity index (χ0n) is 26.7. The van der Waals surface area contributed by atoms with Crippen LogP contribution in [0.3, 0.4) is 0 Å². The van der Waals surface area contributed by atoms with Crippen molar-refractivity contribution < 1.29 is 0 Å². The maximum atomic E-state index is 12.8. The molecule has 0 saturated heterocycles. The molecule has 0 N–H and O–H groups in total. The van der Waals surface area contributed by atoms with E-state index in [9.17, 15) is 4.79 Å². The van der Waals surface area contributed by atoms with Gasteiger partial charge in [-0.3, -0.25) is 9.13 Å². The minimum atomic E-state index is -0.0472. The van der Waals surface area contributed by atoms with E-state index in [1.807, 2.05) is 38.4 Å². The van der Waals surface area contributed by atoms with Crippen LogP contribution in [0.4, 0.5) is 0 Å². The molecule has 2 aromatic heterocycles. The van der Waals surface area contributed by atoms with E-state index < -0.39 is 0 Å². The van der Waals surface area contributed by atoms with Gasteiger partial charge in [0, 0.05) is 36.3 Å². The summed E-state index contributed by atoms with van der Waals surface area (Å²) in [6.45, 7) is 0. The monoisotopic (exact) mass is 620 g/mol. The van der Waals surface area contributed by atoms with Crippen LogP contribution >= 0.6 is 0 Å². The van der Waals surface area contributed by atoms with Crippen LogP contribution < -0.4 is 5.69 Å². The first kappa shape index (κ1) is 29.1. The maximum absolute atomic E-state index is 12.8. The van der Waals surface area contributed by atoms with E-state index in [1.54, 1.807) is 9.13 Å². The van der Waals surface area contributed by atoms with Crippen LogP contribution in [0.15, 0.2) is 163 Å². The standard InChI is InChI=1S/C43H32N4O/c1-46-40-22-12-21-36(41(40)47(2)43(46)48)33-17-11-18-34(27-33)38-28-39(37-20-10-9-19-35(37)31-15-7-4-8-16-31)45-42(44-38)32-25-23-30(24-26-32)29-13-5-3-6-14-29/h3-28H,1-2H3. The second-order valence-corrected chi connectivity index (χ2v) is 12.0. The van der Waals surface area contributed by atoms with E-state index in [-0.39, 0.29) is 5.69 Å². The molecule has 230 valence electrons. The summed E-state index contributed by atoms with van der Waals surface area (Å²) < 4.78 is 3.41. The third-order valence-corrected chi connectivity index (χ3v) is 9.02. The number of nitrogens with zero attached hydrogens (tertiary/aromatic N) is 4. The minimum Gasteiger partial charge on any atom is -0.295 e. The lowest BCUT2D eigenvalue weighted by Gasteiger charge is -2.14. The molecule has 0 amide bonds. The fourth-order valence-electron chi connectivity index (χ4n) is 6.54. The molecule has 0 saturated carbocycles. The van der Waals surface area contributed by atoms with Crippen LogP contribution in [0.2, 0.25) is 0 Å². The number of fused-ring (bicyclic) bond motifs is 1. The van der Waals surface area contributed by atoms with E-state index in [2.05, 4.69) is 133 Å². The van der Waals surface area contributed by atoms with Crippen molar-refractivity contribution >= 4 is 11.0 Å². The summed E-state index contributed by atoms with van der Waals surface area (Å²) in [5.41, 5.74) is 12.9. The Bertz CT molecular complexity index is 2480. The third kappa shape index (κ3) is 5.21. The second-order valence-electron chi connectivity index (χ2n) is 12.0. The molecule has 0 radical (unpaired) electrons. The average molecular weight is 621 g/mol. The largest absolute Gasteiger partial charge is 0.328 e. The third-order valence-electron chi connectivity index (χ3n) is 9.02. The first-order valence-electron chi connectivity index (χ1n) is 16.0. The Morgan fingerprint density at radius 3 is 1.71 bits per heavy atom. The normalized spacial score (nSPS) is 11.2. The van der Waals surface area contributed by atoms with Crippen molar-refractivity contribution in [3.05, 3.63) is 168 Å². The fraction of sp³-hybridized carbons (Fsp3) is 0.0465. The molecule has 8 rings (SSSR count). The predicted molar refractivity (Wildman–Crippen MR) is 196 cm³/mol. The highest BCUT2D eigenvalue weighted by atomic mass is 16.1. The Kier molecular flexibility index (Phi) is 7.35. The van der Waals surface area contributed by atoms with Crippen molar-refractivity contribution in [1.82, 2.24) is 19.1 Å². The Morgan fingerprint density at radius 1 is 0.417 bits per heavy atom. The van der Waals surface area contributed by atoms with Gasteiger partial charge in [0.2, 0.25) is 0 Å². The van der Waals surface area contributed by atoms with Crippen LogP contribution in [0.5, 0.6) is 0 Å². The minimum absolute atomic E-state index is 0.0472. The zero-order valence-corrected chi connectivity index (χ0v) is 26.7. The number of imidazole rings is 1. The number of aryl methyl sites for hydroxylation is 2. The summed E-state index contributed by atoms with van der Waals surface area (Å²) in [5.74, 6) is 0.655. The summed E-state index contributed by atoms with van der Waals surface area (Å²) in [4.78, 5) is 23.2. The second kappa shape index (κ2) is 12.1. The van der Waals surface area contributed by atoms with Gasteiger partial charge in [0.1, 0.15) is 0 Å². The molecule has 0 spiro atoms. The van der Waals surface area contributed by atoms with E-state index >= 15 is 0 Å². The van der Waals surface area contributed by atoms with E-state index in [1.165, 1.54) is 5.56 Å². The molecule has 48 heavy (non-hydrogen) atoms. The molecule has 0 unspecified atom stereocenters. The summed E-state index contributed by atoms with van der Waals surface area (Å²) in [5, 5.41) is 0. The lowest BCUT2D eigenvalue weighted by atomic mass is 9.96. The molecule has 0 aliphatic carbocycles. The summed E-state index contributed by atoms with van der Waals surface area (Å²) in [6.07, 6.45) is 0. The Labute approximate surface area is 279 Å². The number of aromatic nitrogens is 4. The SMILES string of the molecule is Cn1c(=O)n(C)c2c(-c3cccc(-c4cc(-c5ccccc5-c5ccccc5)nc(-c5ccc(-c6ccccc6)cc5)n4)c3)cccc21. The van der Waals surface area contributed by atoms with Crippen LogP contribution in [0.1, 0.15) is 0 Å². The Hall–Kier alpha value is -6.33. The summed E-state index contributed by atoms with van der Waals surface area (Å²) in [6, 6.07) is 54.2. The smallest absolute Gasteiger partial charge is 0.295 e. The molecule has 0 aliphatic rings. The number of hydrogen-bond donors (Lipinski definition) is 0. The first-order chi connectivity index (χ1) is 23.5. The van der Waals surface area contributed by atoms with Gasteiger partial charge in [0.25, 0.3) is 0 Å². The summed E-state index contributed by atoms with van der Waals surface area (Å²) in [7, 11) is 3.64. The van der Waals surface area contributed by atoms with Crippen molar-refractivity contribution in [2.45, 2.75) is 0 Å². The molecule has 6 aromatic carbocycles. The lowest BCUT2D eigenvalue weighted by molar-refractivity contribution is 0.795. The quantitative estimate of drug-likeness (QED) is 0.186. The number of rotatable bonds is 6. The van der Waals surface area contributed by atoms with Gasteiger partial charge in [-0.2, -0.15) is 0 Å². The van der Waals surface area contributed by atoms with Crippen molar-refractivity contribution in [2.24, 2.45) is 14.1 Å². The van der Waals surface area contributed by atoms with E-state index in [0.29, 0.717) is 5.82 Å². The highest BCUT2D eigenvalue weighted by Gasteiger charge is 2.17. The van der Waals surface area contributed by atoms with Crippen LogP contribution in [0, 0.1) is 0 Å². The lowest BCUT2D eigenvalue weighted by Crippen LogP contribution is -2.19.